The lowest BCUT2D eigenvalue weighted by Gasteiger charge is -2.22. The van der Waals surface area contributed by atoms with Crippen LogP contribution in [0.5, 0.6) is 0 Å². The molecule has 0 bridgehead atoms. The van der Waals surface area contributed by atoms with E-state index in [1.807, 2.05) is 6.07 Å². The summed E-state index contributed by atoms with van der Waals surface area (Å²) in [6, 6.07) is 18.0. The van der Waals surface area contributed by atoms with Crippen LogP contribution < -0.4 is 5.32 Å². The van der Waals surface area contributed by atoms with Gasteiger partial charge in [0.25, 0.3) is 0 Å². The molecule has 3 aromatic carbocycles. The number of amides is 1. The zero-order chi connectivity index (χ0) is 24.0. The number of halogens is 2. The van der Waals surface area contributed by atoms with Crippen LogP contribution in [0, 0.1) is 23.0 Å². The van der Waals surface area contributed by atoms with Crippen LogP contribution in [0.25, 0.3) is 0 Å². The zero-order valence-corrected chi connectivity index (χ0v) is 18.5. The molecule has 170 valence electrons. The summed E-state index contributed by atoms with van der Waals surface area (Å²) in [5.41, 5.74) is 1.36. The van der Waals surface area contributed by atoms with Crippen molar-refractivity contribution >= 4 is 15.9 Å². The highest BCUT2D eigenvalue weighted by Gasteiger charge is 2.24. The molecule has 0 aliphatic rings. The van der Waals surface area contributed by atoms with Crippen LogP contribution in [0.3, 0.4) is 0 Å². The van der Waals surface area contributed by atoms with Crippen molar-refractivity contribution in [2.24, 2.45) is 0 Å². The highest BCUT2D eigenvalue weighted by molar-refractivity contribution is 7.89. The van der Waals surface area contributed by atoms with E-state index < -0.39 is 40.2 Å². The second-order valence-corrected chi connectivity index (χ2v) is 9.45. The maximum absolute atomic E-state index is 13.8. The summed E-state index contributed by atoms with van der Waals surface area (Å²) in [4.78, 5) is 12.7. The lowest BCUT2D eigenvalue weighted by Crippen LogP contribution is -2.40. The Hall–Kier alpha value is -3.61. The molecule has 0 aromatic heterocycles. The summed E-state index contributed by atoms with van der Waals surface area (Å²) in [5, 5.41) is 11.6. The molecule has 1 atom stereocenters. The van der Waals surface area contributed by atoms with E-state index in [0.29, 0.717) is 16.7 Å². The lowest BCUT2D eigenvalue weighted by atomic mass is 9.98. The van der Waals surface area contributed by atoms with E-state index in [4.69, 9.17) is 5.26 Å². The van der Waals surface area contributed by atoms with Crippen molar-refractivity contribution in [1.29, 1.82) is 5.26 Å². The highest BCUT2D eigenvalue weighted by atomic mass is 32.2. The van der Waals surface area contributed by atoms with Gasteiger partial charge in [0.1, 0.15) is 11.6 Å². The number of benzene rings is 3. The molecule has 0 aliphatic carbocycles. The molecule has 0 saturated carbocycles. The normalized spacial score (nSPS) is 12.2. The first-order chi connectivity index (χ1) is 15.7. The van der Waals surface area contributed by atoms with Crippen molar-refractivity contribution in [3.8, 4) is 6.07 Å². The van der Waals surface area contributed by atoms with E-state index in [0.717, 1.165) is 4.31 Å². The van der Waals surface area contributed by atoms with Gasteiger partial charge in [0.15, 0.2) is 0 Å². The van der Waals surface area contributed by atoms with E-state index in [1.54, 1.807) is 12.1 Å². The van der Waals surface area contributed by atoms with E-state index in [2.05, 4.69) is 5.32 Å². The van der Waals surface area contributed by atoms with E-state index in [1.165, 1.54) is 67.7 Å². The van der Waals surface area contributed by atoms with Crippen molar-refractivity contribution in [1.82, 2.24) is 9.62 Å². The molecule has 33 heavy (non-hydrogen) atoms. The molecular weight excluding hydrogens is 448 g/mol. The monoisotopic (exact) mass is 469 g/mol. The van der Waals surface area contributed by atoms with E-state index >= 15 is 0 Å². The molecule has 1 amide bonds. The summed E-state index contributed by atoms with van der Waals surface area (Å²) in [5.74, 6) is -1.54. The lowest BCUT2D eigenvalue weighted by molar-refractivity contribution is -0.121. The molecule has 1 unspecified atom stereocenters. The molecule has 0 fully saturated rings. The first-order valence-electron chi connectivity index (χ1n) is 9.95. The predicted octanol–water partition coefficient (Wildman–Crippen LogP) is 3.56. The Morgan fingerprint density at radius 2 is 1.67 bits per heavy atom. The molecule has 9 heteroatoms. The predicted molar refractivity (Wildman–Crippen MR) is 118 cm³/mol. The van der Waals surface area contributed by atoms with Crippen molar-refractivity contribution in [3.63, 3.8) is 0 Å². The van der Waals surface area contributed by atoms with Crippen LogP contribution in [-0.4, -0.2) is 32.2 Å². The van der Waals surface area contributed by atoms with Crippen LogP contribution >= 0.6 is 0 Å². The third-order valence-corrected chi connectivity index (χ3v) is 6.79. The third-order valence-electron chi connectivity index (χ3n) is 4.97. The van der Waals surface area contributed by atoms with Crippen molar-refractivity contribution in [2.45, 2.75) is 17.4 Å². The second kappa shape index (κ2) is 10.3. The van der Waals surface area contributed by atoms with Gasteiger partial charge in [0.2, 0.25) is 15.9 Å². The first kappa shape index (κ1) is 24.0. The number of likely N-dealkylation sites (N-methyl/N-ethyl adjacent to an activating group) is 1. The molecular formula is C24H21F2N3O3S. The molecule has 0 spiro atoms. The molecule has 0 saturated heterocycles. The Bertz CT molecular complexity index is 1290. The van der Waals surface area contributed by atoms with Crippen LogP contribution in [0.15, 0.2) is 77.7 Å². The average Bonchev–Trinajstić information content (AvgIpc) is 2.78. The zero-order valence-electron chi connectivity index (χ0n) is 17.7. The minimum absolute atomic E-state index is 0.0572. The second-order valence-electron chi connectivity index (χ2n) is 7.41. The number of nitriles is 1. The maximum atomic E-state index is 13.8. The number of hydrogen-bond donors (Lipinski definition) is 1. The minimum Gasteiger partial charge on any atom is -0.348 e. The summed E-state index contributed by atoms with van der Waals surface area (Å²) < 4.78 is 53.8. The van der Waals surface area contributed by atoms with Gasteiger partial charge in [0.05, 0.1) is 29.1 Å². The summed E-state index contributed by atoms with van der Waals surface area (Å²) in [6.07, 6.45) is 0.180. The molecule has 6 nitrogen and oxygen atoms in total. The Labute approximate surface area is 191 Å². The molecule has 0 heterocycles. The number of rotatable bonds is 8. The Kier molecular flexibility index (Phi) is 7.53. The van der Waals surface area contributed by atoms with Gasteiger partial charge in [-0.2, -0.15) is 9.57 Å². The molecule has 0 aliphatic heterocycles. The standard InChI is InChI=1S/C24H21F2N3O3S/c1-29(33(31,32)22-10-8-17(15-27)9-11-22)16-24(30)28-23(19-5-3-7-21(26)14-19)13-18-4-2-6-20(25)12-18/h2-12,14,23H,13,16H2,1H3,(H,28,30). The van der Waals surface area contributed by atoms with Gasteiger partial charge in [-0.3, -0.25) is 4.79 Å². The van der Waals surface area contributed by atoms with Gasteiger partial charge in [-0.25, -0.2) is 17.2 Å². The summed E-state index contributed by atoms with van der Waals surface area (Å²) in [6.45, 7) is -0.489. The van der Waals surface area contributed by atoms with Gasteiger partial charge in [-0.15, -0.1) is 0 Å². The van der Waals surface area contributed by atoms with Crippen LogP contribution in [-0.2, 0) is 21.2 Å². The molecule has 1 N–H and O–H groups in total. The fourth-order valence-corrected chi connectivity index (χ4v) is 4.41. The SMILES string of the molecule is CN(CC(=O)NC(Cc1cccc(F)c1)c1cccc(F)c1)S(=O)(=O)c1ccc(C#N)cc1. The summed E-state index contributed by atoms with van der Waals surface area (Å²) in [7, 11) is -2.72. The maximum Gasteiger partial charge on any atom is 0.243 e. The average molecular weight is 470 g/mol. The van der Waals surface area contributed by atoms with Gasteiger partial charge in [-0.1, -0.05) is 24.3 Å². The number of carbonyl (C=O) groups excluding carboxylic acids is 1. The Balaban J connectivity index is 1.77. The highest BCUT2D eigenvalue weighted by Crippen LogP contribution is 2.21. The first-order valence-corrected chi connectivity index (χ1v) is 11.4. The molecule has 3 rings (SSSR count). The quantitative estimate of drug-likeness (QED) is 0.546. The Morgan fingerprint density at radius 3 is 2.27 bits per heavy atom. The van der Waals surface area contributed by atoms with Gasteiger partial charge < -0.3 is 5.32 Å². The van der Waals surface area contributed by atoms with Crippen molar-refractivity contribution < 1.29 is 22.0 Å². The Morgan fingerprint density at radius 1 is 1.03 bits per heavy atom. The topological polar surface area (TPSA) is 90.3 Å². The van der Waals surface area contributed by atoms with Gasteiger partial charge in [-0.05, 0) is 66.1 Å². The van der Waals surface area contributed by atoms with Crippen molar-refractivity contribution in [3.05, 3.63) is 101 Å². The summed E-state index contributed by atoms with van der Waals surface area (Å²) >= 11 is 0. The van der Waals surface area contributed by atoms with E-state index in [-0.39, 0.29) is 11.3 Å². The van der Waals surface area contributed by atoms with Crippen LogP contribution in [0.2, 0.25) is 0 Å². The number of nitrogens with zero attached hydrogens (tertiary/aromatic N) is 2. The minimum atomic E-state index is -3.98. The smallest absolute Gasteiger partial charge is 0.243 e. The number of hydrogen-bond acceptors (Lipinski definition) is 4. The fourth-order valence-electron chi connectivity index (χ4n) is 3.28. The van der Waals surface area contributed by atoms with E-state index in [9.17, 15) is 22.0 Å². The number of carbonyl (C=O) groups is 1. The van der Waals surface area contributed by atoms with Crippen LogP contribution in [0.4, 0.5) is 8.78 Å². The number of nitrogens with one attached hydrogen (secondary N) is 1. The molecule has 3 aromatic rings. The third kappa shape index (κ3) is 6.22. The molecule has 0 radical (unpaired) electrons. The largest absolute Gasteiger partial charge is 0.348 e. The van der Waals surface area contributed by atoms with Crippen molar-refractivity contribution in [2.75, 3.05) is 13.6 Å². The van der Waals surface area contributed by atoms with Gasteiger partial charge >= 0.3 is 0 Å². The van der Waals surface area contributed by atoms with Gasteiger partial charge in [0, 0.05) is 7.05 Å². The fraction of sp³-hybridized carbons (Fsp3) is 0.167. The number of sulfonamides is 1. The van der Waals surface area contributed by atoms with Crippen LogP contribution in [0.1, 0.15) is 22.7 Å².